The number of nitrogens with two attached hydrogens (primary N) is 1. The maximum atomic E-state index is 12.7. The third-order valence-corrected chi connectivity index (χ3v) is 5.36. The summed E-state index contributed by atoms with van der Waals surface area (Å²) in [5.41, 5.74) is 10.5. The van der Waals surface area contributed by atoms with E-state index in [2.05, 4.69) is 5.32 Å². The summed E-state index contributed by atoms with van der Waals surface area (Å²) in [6.07, 6.45) is 2.89. The number of imidazole rings is 1. The van der Waals surface area contributed by atoms with Crippen LogP contribution in [0.3, 0.4) is 0 Å². The Bertz CT molecular complexity index is 1070. The highest BCUT2D eigenvalue weighted by molar-refractivity contribution is 5.85. The Morgan fingerprint density at radius 2 is 1.89 bits per heavy atom. The normalized spacial score (nSPS) is 15.7. The highest BCUT2D eigenvalue weighted by Gasteiger charge is 2.23. The van der Waals surface area contributed by atoms with Gasteiger partial charge in [-0.05, 0) is 61.6 Å². The predicted molar refractivity (Wildman–Crippen MR) is 114 cm³/mol. The second kappa shape index (κ2) is 8.10. The van der Waals surface area contributed by atoms with Gasteiger partial charge in [0, 0.05) is 12.2 Å². The first-order valence-corrected chi connectivity index (χ1v) is 9.44. The fourth-order valence-corrected chi connectivity index (χ4v) is 4.10. The number of fused-ring (bicyclic) bond motifs is 2. The number of amides is 1. The molecule has 1 atom stereocenters. The first-order chi connectivity index (χ1) is 13.1. The van der Waals surface area contributed by atoms with E-state index in [0.29, 0.717) is 6.54 Å². The van der Waals surface area contributed by atoms with Crippen LogP contribution < -0.4 is 16.7 Å². The Hall–Kier alpha value is -2.73. The van der Waals surface area contributed by atoms with Gasteiger partial charge in [0.05, 0.1) is 17.1 Å². The summed E-state index contributed by atoms with van der Waals surface area (Å²) < 4.78 is 3.25. The van der Waals surface area contributed by atoms with Crippen molar-refractivity contribution in [2.45, 2.75) is 45.3 Å². The smallest absolute Gasteiger partial charge is 0.329 e. The number of carbonyl (C=O) groups excluding carboxylic acids is 1. The van der Waals surface area contributed by atoms with Gasteiger partial charge in [-0.25, -0.2) is 4.79 Å². The van der Waals surface area contributed by atoms with Crippen LogP contribution in [-0.2, 0) is 24.3 Å². The van der Waals surface area contributed by atoms with Crippen LogP contribution in [0.1, 0.15) is 36.9 Å². The van der Waals surface area contributed by atoms with Crippen molar-refractivity contribution in [3.05, 3.63) is 64.1 Å². The number of nitrogens with zero attached hydrogens (tertiary/aromatic N) is 2. The Morgan fingerprint density at radius 3 is 2.61 bits per heavy atom. The number of aromatic nitrogens is 2. The number of aryl methyl sites for hydroxylation is 2. The van der Waals surface area contributed by atoms with Gasteiger partial charge in [0.15, 0.2) is 0 Å². The molecule has 0 spiro atoms. The molecule has 1 unspecified atom stereocenters. The van der Waals surface area contributed by atoms with E-state index in [9.17, 15) is 9.59 Å². The van der Waals surface area contributed by atoms with Gasteiger partial charge in [-0.1, -0.05) is 18.2 Å². The van der Waals surface area contributed by atoms with E-state index in [1.807, 2.05) is 49.4 Å². The van der Waals surface area contributed by atoms with E-state index >= 15 is 0 Å². The number of rotatable bonds is 4. The highest BCUT2D eigenvalue weighted by atomic mass is 35.5. The fourth-order valence-electron chi connectivity index (χ4n) is 4.10. The Labute approximate surface area is 169 Å². The van der Waals surface area contributed by atoms with Crippen LogP contribution >= 0.6 is 12.4 Å². The minimum absolute atomic E-state index is 0. The average Bonchev–Trinajstić information content (AvgIpc) is 2.93. The quantitative estimate of drug-likeness (QED) is 0.660. The predicted octanol–water partition coefficient (Wildman–Crippen LogP) is 3.02. The van der Waals surface area contributed by atoms with Crippen LogP contribution in [0.2, 0.25) is 0 Å². The molecule has 0 saturated carbocycles. The molecule has 2 aromatic carbocycles. The minimum Gasteiger partial charge on any atom is -0.399 e. The number of carbonyl (C=O) groups is 1. The first-order valence-electron chi connectivity index (χ1n) is 9.44. The van der Waals surface area contributed by atoms with E-state index in [1.165, 1.54) is 5.56 Å². The van der Waals surface area contributed by atoms with E-state index in [0.717, 1.165) is 41.5 Å². The number of nitrogens with one attached hydrogen (secondary N) is 1. The van der Waals surface area contributed by atoms with Crippen molar-refractivity contribution in [1.82, 2.24) is 14.5 Å². The van der Waals surface area contributed by atoms with Crippen molar-refractivity contribution in [2.75, 3.05) is 5.73 Å². The van der Waals surface area contributed by atoms with Crippen LogP contribution in [0.5, 0.6) is 0 Å². The summed E-state index contributed by atoms with van der Waals surface area (Å²) >= 11 is 0. The first kappa shape index (κ1) is 20.0. The van der Waals surface area contributed by atoms with Gasteiger partial charge in [-0.3, -0.25) is 13.9 Å². The molecule has 0 aliphatic heterocycles. The van der Waals surface area contributed by atoms with Crippen molar-refractivity contribution in [3.8, 4) is 0 Å². The molecule has 1 aromatic heterocycles. The molecule has 0 bridgehead atoms. The molecular weight excluding hydrogens is 376 g/mol. The zero-order valence-corrected chi connectivity index (χ0v) is 16.7. The van der Waals surface area contributed by atoms with E-state index in [4.69, 9.17) is 5.73 Å². The van der Waals surface area contributed by atoms with Crippen molar-refractivity contribution in [1.29, 1.82) is 0 Å². The molecule has 0 radical (unpaired) electrons. The largest absolute Gasteiger partial charge is 0.399 e. The molecule has 3 N–H and O–H groups in total. The summed E-state index contributed by atoms with van der Waals surface area (Å²) in [4.78, 5) is 25.5. The molecule has 148 valence electrons. The lowest BCUT2D eigenvalue weighted by Gasteiger charge is -2.26. The van der Waals surface area contributed by atoms with Gasteiger partial charge in [0.1, 0.15) is 6.54 Å². The molecule has 1 amide bonds. The van der Waals surface area contributed by atoms with Crippen molar-refractivity contribution < 1.29 is 4.79 Å². The summed E-state index contributed by atoms with van der Waals surface area (Å²) in [6.45, 7) is 2.53. The average molecular weight is 401 g/mol. The Balaban J connectivity index is 0.00000225. The molecule has 0 saturated heterocycles. The Morgan fingerprint density at radius 1 is 1.18 bits per heavy atom. The highest BCUT2D eigenvalue weighted by Crippen LogP contribution is 2.31. The zero-order chi connectivity index (χ0) is 19.0. The fraction of sp³-hybridized carbons (Fsp3) is 0.333. The van der Waals surface area contributed by atoms with Crippen LogP contribution in [0.25, 0.3) is 11.0 Å². The standard InChI is InChI=1S/C21H24N4O2.ClH/c1-2-24-18-8-3-4-9-19(18)25(21(24)27)13-20(26)23-17-7-5-6-14-12-15(22)10-11-16(14)17;/h3-4,8-12,17H,2,5-7,13,22H2,1H3,(H,23,26);1H. The third kappa shape index (κ3) is 3.52. The molecule has 1 aliphatic carbocycles. The number of hydrogen-bond donors (Lipinski definition) is 2. The lowest BCUT2D eigenvalue weighted by atomic mass is 9.87. The minimum atomic E-state index is -0.148. The molecule has 3 aromatic rings. The topological polar surface area (TPSA) is 82.0 Å². The van der Waals surface area contributed by atoms with E-state index < -0.39 is 0 Å². The number of benzene rings is 2. The van der Waals surface area contributed by atoms with E-state index in [-0.39, 0.29) is 36.6 Å². The van der Waals surface area contributed by atoms with Gasteiger partial charge >= 0.3 is 5.69 Å². The molecule has 4 rings (SSSR count). The number of nitrogen functional groups attached to an aromatic ring is 1. The summed E-state index contributed by atoms with van der Waals surface area (Å²) in [7, 11) is 0. The number of para-hydroxylation sites is 2. The molecular formula is C21H25ClN4O2. The maximum absolute atomic E-state index is 12.7. The molecule has 7 heteroatoms. The molecule has 0 fully saturated rings. The SMILES string of the molecule is CCn1c(=O)n(CC(=O)NC2CCCc3cc(N)ccc32)c2ccccc21.Cl. The van der Waals surface area contributed by atoms with Crippen molar-refractivity contribution >= 4 is 35.0 Å². The Kier molecular flexibility index (Phi) is 5.79. The monoisotopic (exact) mass is 400 g/mol. The van der Waals surface area contributed by atoms with Crippen molar-refractivity contribution in [2.24, 2.45) is 0 Å². The van der Waals surface area contributed by atoms with Gasteiger partial charge in [-0.15, -0.1) is 12.4 Å². The molecule has 28 heavy (non-hydrogen) atoms. The number of anilines is 1. The summed E-state index contributed by atoms with van der Waals surface area (Å²) in [6, 6.07) is 13.4. The van der Waals surface area contributed by atoms with Crippen LogP contribution in [0.4, 0.5) is 5.69 Å². The van der Waals surface area contributed by atoms with Gasteiger partial charge in [0.2, 0.25) is 5.91 Å². The lowest BCUT2D eigenvalue weighted by Crippen LogP contribution is -2.36. The van der Waals surface area contributed by atoms with Crippen LogP contribution in [0, 0.1) is 0 Å². The second-order valence-corrected chi connectivity index (χ2v) is 7.07. The maximum Gasteiger partial charge on any atom is 0.329 e. The molecule has 1 aliphatic rings. The van der Waals surface area contributed by atoms with Crippen LogP contribution in [0.15, 0.2) is 47.3 Å². The van der Waals surface area contributed by atoms with Crippen molar-refractivity contribution in [3.63, 3.8) is 0 Å². The van der Waals surface area contributed by atoms with Crippen LogP contribution in [-0.4, -0.2) is 15.0 Å². The summed E-state index contributed by atoms with van der Waals surface area (Å²) in [5.74, 6) is -0.147. The lowest BCUT2D eigenvalue weighted by molar-refractivity contribution is -0.122. The summed E-state index contributed by atoms with van der Waals surface area (Å²) in [5, 5.41) is 3.11. The molecule has 1 heterocycles. The number of hydrogen-bond acceptors (Lipinski definition) is 3. The van der Waals surface area contributed by atoms with Gasteiger partial charge < -0.3 is 11.1 Å². The number of halogens is 1. The van der Waals surface area contributed by atoms with Gasteiger partial charge in [0.25, 0.3) is 0 Å². The zero-order valence-electron chi connectivity index (χ0n) is 15.9. The van der Waals surface area contributed by atoms with E-state index in [1.54, 1.807) is 9.13 Å². The molecule has 6 nitrogen and oxygen atoms in total. The van der Waals surface area contributed by atoms with Gasteiger partial charge in [-0.2, -0.15) is 0 Å². The second-order valence-electron chi connectivity index (χ2n) is 7.07. The third-order valence-electron chi connectivity index (χ3n) is 5.36.